The van der Waals surface area contributed by atoms with Crippen LogP contribution in [0.2, 0.25) is 0 Å². The third kappa shape index (κ3) is 1.99. The molecule has 1 aliphatic rings. The molecule has 0 radical (unpaired) electrons. The van der Waals surface area contributed by atoms with Crippen LogP contribution in [0.15, 0.2) is 0 Å². The standard InChI is InChI=1S/C7H14N2O2/c1-7(11,6-10)9-4-2-8-3-5-9/h6,8,11H,2-5H2,1H3. The molecule has 0 saturated carbocycles. The summed E-state index contributed by atoms with van der Waals surface area (Å²) in [4.78, 5) is 12.2. The van der Waals surface area contributed by atoms with Gasteiger partial charge in [0.05, 0.1) is 0 Å². The molecule has 1 heterocycles. The number of hydrogen-bond donors (Lipinski definition) is 2. The molecule has 2 N–H and O–H groups in total. The molecule has 1 unspecified atom stereocenters. The van der Waals surface area contributed by atoms with Gasteiger partial charge in [0.2, 0.25) is 0 Å². The van der Waals surface area contributed by atoms with Gasteiger partial charge in [-0.25, -0.2) is 0 Å². The van der Waals surface area contributed by atoms with Crippen LogP contribution in [0.1, 0.15) is 6.92 Å². The van der Waals surface area contributed by atoms with Crippen LogP contribution in [0.5, 0.6) is 0 Å². The van der Waals surface area contributed by atoms with Crippen LogP contribution in [0, 0.1) is 0 Å². The maximum Gasteiger partial charge on any atom is 0.172 e. The Labute approximate surface area is 66.2 Å². The van der Waals surface area contributed by atoms with Gasteiger partial charge >= 0.3 is 0 Å². The van der Waals surface area contributed by atoms with E-state index >= 15 is 0 Å². The molecular weight excluding hydrogens is 144 g/mol. The number of aliphatic hydroxyl groups is 1. The minimum atomic E-state index is -1.28. The van der Waals surface area contributed by atoms with Crippen molar-refractivity contribution in [1.29, 1.82) is 0 Å². The fourth-order valence-electron chi connectivity index (χ4n) is 1.19. The van der Waals surface area contributed by atoms with E-state index in [1.165, 1.54) is 6.92 Å². The van der Waals surface area contributed by atoms with Gasteiger partial charge in [-0.3, -0.25) is 9.69 Å². The van der Waals surface area contributed by atoms with Gasteiger partial charge in [-0.2, -0.15) is 0 Å². The molecule has 0 aromatic rings. The van der Waals surface area contributed by atoms with Gasteiger partial charge in [0.1, 0.15) is 0 Å². The van der Waals surface area contributed by atoms with Crippen molar-refractivity contribution in [3.63, 3.8) is 0 Å². The van der Waals surface area contributed by atoms with E-state index in [1.807, 2.05) is 0 Å². The highest BCUT2D eigenvalue weighted by Crippen LogP contribution is 2.08. The average Bonchev–Trinajstić information content (AvgIpc) is 2.06. The zero-order chi connectivity index (χ0) is 8.32. The van der Waals surface area contributed by atoms with Crippen molar-refractivity contribution >= 4 is 6.29 Å². The Morgan fingerprint density at radius 1 is 1.55 bits per heavy atom. The molecule has 0 aromatic carbocycles. The fraction of sp³-hybridized carbons (Fsp3) is 0.857. The summed E-state index contributed by atoms with van der Waals surface area (Å²) in [6.07, 6.45) is 0.582. The molecule has 1 fully saturated rings. The Bertz CT molecular complexity index is 141. The lowest BCUT2D eigenvalue weighted by Crippen LogP contribution is -2.55. The van der Waals surface area contributed by atoms with Crippen LogP contribution in [0.4, 0.5) is 0 Å². The first-order chi connectivity index (χ1) is 5.17. The van der Waals surface area contributed by atoms with Crippen LogP contribution >= 0.6 is 0 Å². The number of nitrogens with one attached hydrogen (secondary N) is 1. The number of aldehydes is 1. The van der Waals surface area contributed by atoms with Gasteiger partial charge in [-0.05, 0) is 6.92 Å². The van der Waals surface area contributed by atoms with E-state index in [4.69, 9.17) is 0 Å². The molecule has 64 valence electrons. The lowest BCUT2D eigenvalue weighted by atomic mass is 10.2. The molecular formula is C7H14N2O2. The van der Waals surface area contributed by atoms with Crippen molar-refractivity contribution < 1.29 is 9.90 Å². The van der Waals surface area contributed by atoms with E-state index < -0.39 is 5.72 Å². The van der Waals surface area contributed by atoms with E-state index in [9.17, 15) is 9.90 Å². The number of rotatable bonds is 2. The summed E-state index contributed by atoms with van der Waals surface area (Å²) in [6.45, 7) is 4.65. The first-order valence-corrected chi connectivity index (χ1v) is 3.81. The highest BCUT2D eigenvalue weighted by molar-refractivity contribution is 5.60. The lowest BCUT2D eigenvalue weighted by Gasteiger charge is -2.35. The normalized spacial score (nSPS) is 26.0. The summed E-state index contributed by atoms with van der Waals surface area (Å²) >= 11 is 0. The zero-order valence-electron chi connectivity index (χ0n) is 6.71. The highest BCUT2D eigenvalue weighted by Gasteiger charge is 2.28. The van der Waals surface area contributed by atoms with Crippen LogP contribution in [0.3, 0.4) is 0 Å². The predicted molar refractivity (Wildman–Crippen MR) is 41.1 cm³/mol. The third-order valence-corrected chi connectivity index (χ3v) is 1.98. The van der Waals surface area contributed by atoms with Crippen molar-refractivity contribution in [1.82, 2.24) is 10.2 Å². The van der Waals surface area contributed by atoms with Gasteiger partial charge in [-0.15, -0.1) is 0 Å². The molecule has 1 atom stereocenters. The van der Waals surface area contributed by atoms with Gasteiger partial charge in [0.25, 0.3) is 0 Å². The van der Waals surface area contributed by atoms with Crippen molar-refractivity contribution in [3.8, 4) is 0 Å². The molecule has 0 aliphatic carbocycles. The van der Waals surface area contributed by atoms with Crippen LogP contribution in [-0.2, 0) is 4.79 Å². The molecule has 1 saturated heterocycles. The van der Waals surface area contributed by atoms with Gasteiger partial charge < -0.3 is 10.4 Å². The number of piperazine rings is 1. The smallest absolute Gasteiger partial charge is 0.172 e. The lowest BCUT2D eigenvalue weighted by molar-refractivity contribution is -0.144. The topological polar surface area (TPSA) is 52.6 Å². The Morgan fingerprint density at radius 2 is 2.09 bits per heavy atom. The highest BCUT2D eigenvalue weighted by atomic mass is 16.3. The maximum absolute atomic E-state index is 10.4. The van der Waals surface area contributed by atoms with E-state index in [0.29, 0.717) is 6.29 Å². The number of carbonyl (C=O) groups is 1. The number of nitrogens with zero attached hydrogens (tertiary/aromatic N) is 1. The first kappa shape index (κ1) is 8.64. The number of carbonyl (C=O) groups excluding carboxylic acids is 1. The minimum absolute atomic E-state index is 0.582. The largest absolute Gasteiger partial charge is 0.369 e. The molecule has 0 spiro atoms. The molecule has 1 rings (SSSR count). The van der Waals surface area contributed by atoms with Crippen molar-refractivity contribution in [3.05, 3.63) is 0 Å². The molecule has 1 aliphatic heterocycles. The van der Waals surface area contributed by atoms with Crippen molar-refractivity contribution in [2.75, 3.05) is 26.2 Å². The van der Waals surface area contributed by atoms with E-state index in [2.05, 4.69) is 5.32 Å². The predicted octanol–water partition coefficient (Wildman–Crippen LogP) is -1.20. The van der Waals surface area contributed by atoms with Crippen LogP contribution in [0.25, 0.3) is 0 Å². The van der Waals surface area contributed by atoms with Crippen LogP contribution in [-0.4, -0.2) is 48.2 Å². The SMILES string of the molecule is CC(O)(C=O)N1CCNCC1. The van der Waals surface area contributed by atoms with E-state index in [1.54, 1.807) is 4.90 Å². The Balaban J connectivity index is 2.50. The summed E-state index contributed by atoms with van der Waals surface area (Å²) < 4.78 is 0. The second-order valence-corrected chi connectivity index (χ2v) is 2.95. The van der Waals surface area contributed by atoms with E-state index in [0.717, 1.165) is 26.2 Å². The average molecular weight is 158 g/mol. The summed E-state index contributed by atoms with van der Waals surface area (Å²) in [7, 11) is 0. The maximum atomic E-state index is 10.4. The zero-order valence-corrected chi connectivity index (χ0v) is 6.71. The molecule has 11 heavy (non-hydrogen) atoms. The first-order valence-electron chi connectivity index (χ1n) is 3.81. The van der Waals surface area contributed by atoms with Gasteiger partial charge in [0.15, 0.2) is 12.0 Å². The summed E-state index contributed by atoms with van der Waals surface area (Å²) in [5, 5.41) is 12.6. The minimum Gasteiger partial charge on any atom is -0.369 e. The Hall–Kier alpha value is -0.450. The van der Waals surface area contributed by atoms with E-state index in [-0.39, 0.29) is 0 Å². The Morgan fingerprint density at radius 3 is 2.55 bits per heavy atom. The molecule has 0 amide bonds. The van der Waals surface area contributed by atoms with Crippen molar-refractivity contribution in [2.24, 2.45) is 0 Å². The molecule has 4 nitrogen and oxygen atoms in total. The van der Waals surface area contributed by atoms with Gasteiger partial charge in [-0.1, -0.05) is 0 Å². The number of hydrogen-bond acceptors (Lipinski definition) is 4. The summed E-state index contributed by atoms with van der Waals surface area (Å²) in [5.74, 6) is 0. The quantitative estimate of drug-likeness (QED) is 0.496. The summed E-state index contributed by atoms with van der Waals surface area (Å²) in [6, 6.07) is 0. The molecule has 0 aromatic heterocycles. The Kier molecular flexibility index (Phi) is 2.59. The molecule has 4 heteroatoms. The summed E-state index contributed by atoms with van der Waals surface area (Å²) in [5.41, 5.74) is -1.28. The van der Waals surface area contributed by atoms with Gasteiger partial charge in [0, 0.05) is 26.2 Å². The molecule has 0 bridgehead atoms. The monoisotopic (exact) mass is 158 g/mol. The second kappa shape index (κ2) is 3.30. The van der Waals surface area contributed by atoms with Crippen LogP contribution < -0.4 is 5.32 Å². The fourth-order valence-corrected chi connectivity index (χ4v) is 1.19. The van der Waals surface area contributed by atoms with Crippen molar-refractivity contribution in [2.45, 2.75) is 12.6 Å². The second-order valence-electron chi connectivity index (χ2n) is 2.95. The third-order valence-electron chi connectivity index (χ3n) is 1.98.